The predicted molar refractivity (Wildman–Crippen MR) is 101 cm³/mol. The van der Waals surface area contributed by atoms with Crippen LogP contribution in [-0.2, 0) is 13.2 Å². The number of halogens is 1. The van der Waals surface area contributed by atoms with Crippen molar-refractivity contribution < 1.29 is 14.1 Å². The highest BCUT2D eigenvalue weighted by atomic mass is 35.5. The molecule has 2 aromatic heterocycles. The summed E-state index contributed by atoms with van der Waals surface area (Å²) in [7, 11) is 0. The van der Waals surface area contributed by atoms with E-state index in [1.54, 1.807) is 24.0 Å². The number of rotatable bonds is 7. The number of aromatic nitrogens is 3. The minimum Gasteiger partial charge on any atom is -0.488 e. The average molecular weight is 389 g/mol. The van der Waals surface area contributed by atoms with Gasteiger partial charge in [0.1, 0.15) is 18.1 Å². The van der Waals surface area contributed by atoms with Crippen LogP contribution in [0, 0.1) is 20.8 Å². The Morgan fingerprint density at radius 1 is 1.30 bits per heavy atom. The Balaban J connectivity index is 1.64. The van der Waals surface area contributed by atoms with Crippen molar-refractivity contribution in [3.05, 3.63) is 63.8 Å². The summed E-state index contributed by atoms with van der Waals surface area (Å²) in [6.45, 7) is 6.83. The number of hydrogen-bond donors (Lipinski definition) is 1. The lowest BCUT2D eigenvalue weighted by molar-refractivity contribution is 0.0940. The fourth-order valence-corrected chi connectivity index (χ4v) is 2.90. The van der Waals surface area contributed by atoms with E-state index in [1.165, 1.54) is 0 Å². The van der Waals surface area contributed by atoms with Crippen LogP contribution in [0.4, 0.5) is 0 Å². The molecule has 1 amide bonds. The van der Waals surface area contributed by atoms with E-state index < -0.39 is 0 Å². The molecule has 3 aromatic rings. The molecule has 7 nitrogen and oxygen atoms in total. The summed E-state index contributed by atoms with van der Waals surface area (Å²) >= 11 is 5.82. The Labute approximate surface area is 162 Å². The van der Waals surface area contributed by atoms with Crippen LogP contribution in [-0.4, -0.2) is 27.4 Å². The number of aryl methyl sites for hydroxylation is 3. The quantitative estimate of drug-likeness (QED) is 0.670. The summed E-state index contributed by atoms with van der Waals surface area (Å²) in [5.41, 5.74) is 2.94. The fourth-order valence-electron chi connectivity index (χ4n) is 2.74. The van der Waals surface area contributed by atoms with Gasteiger partial charge in [0.25, 0.3) is 5.91 Å². The van der Waals surface area contributed by atoms with Crippen molar-refractivity contribution in [2.75, 3.05) is 6.54 Å². The number of ether oxygens (including phenoxy) is 1. The first-order valence-electron chi connectivity index (χ1n) is 8.56. The number of benzene rings is 1. The van der Waals surface area contributed by atoms with Crippen molar-refractivity contribution in [2.24, 2.45) is 0 Å². The summed E-state index contributed by atoms with van der Waals surface area (Å²) < 4.78 is 12.8. The van der Waals surface area contributed by atoms with Crippen molar-refractivity contribution in [3.63, 3.8) is 0 Å². The molecule has 0 fully saturated rings. The number of carbonyl (C=O) groups is 1. The summed E-state index contributed by atoms with van der Waals surface area (Å²) in [5.74, 6) is 1.05. The lowest BCUT2D eigenvalue weighted by Crippen LogP contribution is -2.28. The minimum atomic E-state index is -0.315. The van der Waals surface area contributed by atoms with Gasteiger partial charge in [-0.2, -0.15) is 5.10 Å². The van der Waals surface area contributed by atoms with Crippen molar-refractivity contribution in [1.82, 2.24) is 20.3 Å². The third-order valence-electron chi connectivity index (χ3n) is 4.20. The normalized spacial score (nSPS) is 10.8. The average Bonchev–Trinajstić information content (AvgIpc) is 3.20. The van der Waals surface area contributed by atoms with E-state index in [4.69, 9.17) is 20.9 Å². The van der Waals surface area contributed by atoms with Crippen LogP contribution in [0.3, 0.4) is 0 Å². The second kappa shape index (κ2) is 8.26. The second-order valence-electron chi connectivity index (χ2n) is 6.25. The molecule has 0 radical (unpaired) electrons. The number of nitrogens with one attached hydrogen (secondary N) is 1. The highest BCUT2D eigenvalue weighted by Gasteiger charge is 2.20. The summed E-state index contributed by atoms with van der Waals surface area (Å²) in [4.78, 5) is 12.5. The van der Waals surface area contributed by atoms with Gasteiger partial charge in [-0.25, -0.2) is 0 Å². The lowest BCUT2D eigenvalue weighted by atomic mass is 10.1. The SMILES string of the molecule is Cc1cccc(C)c1OCc1c(C(=O)NCCn2cc(Cl)cn2)noc1C. The van der Waals surface area contributed by atoms with Crippen molar-refractivity contribution >= 4 is 17.5 Å². The number of amides is 1. The highest BCUT2D eigenvalue weighted by Crippen LogP contribution is 2.25. The lowest BCUT2D eigenvalue weighted by Gasteiger charge is -2.12. The van der Waals surface area contributed by atoms with E-state index in [-0.39, 0.29) is 18.2 Å². The maximum absolute atomic E-state index is 12.5. The molecule has 0 aliphatic carbocycles. The Bertz CT molecular complexity index is 928. The maximum atomic E-state index is 12.5. The smallest absolute Gasteiger partial charge is 0.273 e. The molecule has 8 heteroatoms. The number of hydrogen-bond acceptors (Lipinski definition) is 5. The van der Waals surface area contributed by atoms with E-state index in [0.29, 0.717) is 29.4 Å². The Kier molecular flexibility index (Phi) is 5.81. The maximum Gasteiger partial charge on any atom is 0.273 e. The molecule has 0 aliphatic rings. The molecular formula is C19H21ClN4O3. The molecule has 0 saturated heterocycles. The number of carbonyl (C=O) groups excluding carboxylic acids is 1. The van der Waals surface area contributed by atoms with E-state index in [2.05, 4.69) is 15.6 Å². The van der Waals surface area contributed by atoms with Gasteiger partial charge in [0, 0.05) is 12.7 Å². The largest absolute Gasteiger partial charge is 0.488 e. The van der Waals surface area contributed by atoms with Crippen LogP contribution in [0.5, 0.6) is 5.75 Å². The van der Waals surface area contributed by atoms with Gasteiger partial charge in [-0.1, -0.05) is 35.0 Å². The van der Waals surface area contributed by atoms with Crippen LogP contribution in [0.2, 0.25) is 5.02 Å². The first-order valence-corrected chi connectivity index (χ1v) is 8.94. The highest BCUT2D eigenvalue weighted by molar-refractivity contribution is 6.30. The zero-order valence-corrected chi connectivity index (χ0v) is 16.2. The van der Waals surface area contributed by atoms with Crippen LogP contribution in [0.25, 0.3) is 0 Å². The van der Waals surface area contributed by atoms with Crippen LogP contribution in [0.15, 0.2) is 35.1 Å². The van der Waals surface area contributed by atoms with Crippen LogP contribution >= 0.6 is 11.6 Å². The van der Waals surface area contributed by atoms with Crippen molar-refractivity contribution in [2.45, 2.75) is 33.9 Å². The molecular weight excluding hydrogens is 368 g/mol. The van der Waals surface area contributed by atoms with Gasteiger partial charge in [-0.15, -0.1) is 0 Å². The Morgan fingerprint density at radius 3 is 2.70 bits per heavy atom. The van der Waals surface area contributed by atoms with Gasteiger partial charge in [0.2, 0.25) is 0 Å². The molecule has 0 atom stereocenters. The summed E-state index contributed by atoms with van der Waals surface area (Å²) in [5, 5.41) is 11.3. The third kappa shape index (κ3) is 4.49. The van der Waals surface area contributed by atoms with Crippen LogP contribution in [0.1, 0.15) is 32.9 Å². The molecule has 142 valence electrons. The first kappa shape index (κ1) is 19.0. The topological polar surface area (TPSA) is 82.2 Å². The summed E-state index contributed by atoms with van der Waals surface area (Å²) in [6, 6.07) is 5.95. The zero-order chi connectivity index (χ0) is 19.4. The molecule has 1 N–H and O–H groups in total. The molecule has 3 rings (SSSR count). The van der Waals surface area contributed by atoms with Gasteiger partial charge < -0.3 is 14.6 Å². The number of nitrogens with zero attached hydrogens (tertiary/aromatic N) is 3. The molecule has 1 aromatic carbocycles. The molecule has 0 aliphatic heterocycles. The molecule has 0 spiro atoms. The van der Waals surface area contributed by atoms with Crippen molar-refractivity contribution in [1.29, 1.82) is 0 Å². The fraction of sp³-hybridized carbons (Fsp3) is 0.316. The molecule has 0 unspecified atom stereocenters. The molecule has 0 saturated carbocycles. The van der Waals surface area contributed by atoms with Gasteiger partial charge in [-0.05, 0) is 31.9 Å². The van der Waals surface area contributed by atoms with Crippen LogP contribution < -0.4 is 10.1 Å². The van der Waals surface area contributed by atoms with E-state index in [1.807, 2.05) is 32.0 Å². The summed E-state index contributed by atoms with van der Waals surface area (Å²) in [6.07, 6.45) is 3.24. The van der Waals surface area contributed by atoms with Gasteiger partial charge >= 0.3 is 0 Å². The first-order chi connectivity index (χ1) is 13.0. The standard InChI is InChI=1S/C19H21ClN4O3/c1-12-5-4-6-13(2)18(12)26-11-16-14(3)27-23-17(16)19(25)21-7-8-24-10-15(20)9-22-24/h4-6,9-10H,7-8,11H2,1-3H3,(H,21,25). The third-order valence-corrected chi connectivity index (χ3v) is 4.39. The minimum absolute atomic E-state index is 0.207. The van der Waals surface area contributed by atoms with Crippen molar-refractivity contribution in [3.8, 4) is 5.75 Å². The van der Waals surface area contributed by atoms with E-state index >= 15 is 0 Å². The second-order valence-corrected chi connectivity index (χ2v) is 6.69. The molecule has 27 heavy (non-hydrogen) atoms. The Hall–Kier alpha value is -2.80. The molecule has 2 heterocycles. The zero-order valence-electron chi connectivity index (χ0n) is 15.5. The Morgan fingerprint density at radius 2 is 2.04 bits per heavy atom. The van der Waals surface area contributed by atoms with Gasteiger partial charge in [0.05, 0.1) is 23.3 Å². The van der Waals surface area contributed by atoms with E-state index in [9.17, 15) is 4.79 Å². The molecule has 0 bridgehead atoms. The predicted octanol–water partition coefficient (Wildman–Crippen LogP) is 3.46. The monoisotopic (exact) mass is 388 g/mol. The van der Waals surface area contributed by atoms with E-state index in [0.717, 1.165) is 16.9 Å². The van der Waals surface area contributed by atoms with Gasteiger partial charge in [0.15, 0.2) is 5.69 Å². The number of para-hydroxylation sites is 1. The van der Waals surface area contributed by atoms with Gasteiger partial charge in [-0.3, -0.25) is 9.48 Å².